The summed E-state index contributed by atoms with van der Waals surface area (Å²) in [5, 5.41) is 3.81. The van der Waals surface area contributed by atoms with Gasteiger partial charge >= 0.3 is 0 Å². The van der Waals surface area contributed by atoms with E-state index in [9.17, 15) is 22.0 Å². The van der Waals surface area contributed by atoms with Crippen molar-refractivity contribution in [2.75, 3.05) is 24.5 Å². The summed E-state index contributed by atoms with van der Waals surface area (Å²) in [7, 11) is -3.98. The predicted octanol–water partition coefficient (Wildman–Crippen LogP) is 4.81. The molecular weight excluding hydrogens is 500 g/mol. The van der Waals surface area contributed by atoms with Gasteiger partial charge in [0, 0.05) is 42.9 Å². The van der Waals surface area contributed by atoms with Gasteiger partial charge in [0.2, 0.25) is 15.9 Å². The second-order valence-electron chi connectivity index (χ2n) is 9.36. The fourth-order valence-electron chi connectivity index (χ4n) is 5.06. The fourth-order valence-corrected chi connectivity index (χ4v) is 6.78. The van der Waals surface area contributed by atoms with E-state index in [1.165, 1.54) is 29.4 Å². The van der Waals surface area contributed by atoms with Gasteiger partial charge in [0.05, 0.1) is 0 Å². The van der Waals surface area contributed by atoms with Gasteiger partial charge in [-0.1, -0.05) is 23.4 Å². The monoisotopic (exact) mass is 527 g/mol. The maximum Gasteiger partial charge on any atom is 0.248 e. The van der Waals surface area contributed by atoms with Crippen LogP contribution in [0.4, 0.5) is 14.5 Å². The topological polar surface area (TPSA) is 83.7 Å². The van der Waals surface area contributed by atoms with Crippen molar-refractivity contribution in [1.29, 1.82) is 0 Å². The van der Waals surface area contributed by atoms with Crippen LogP contribution in [0.25, 0.3) is 12.2 Å². The molecule has 2 aliphatic heterocycles. The van der Waals surface area contributed by atoms with E-state index in [2.05, 4.69) is 5.16 Å². The molecule has 0 unspecified atom stereocenters. The van der Waals surface area contributed by atoms with Crippen molar-refractivity contribution in [3.05, 3.63) is 76.7 Å². The van der Waals surface area contributed by atoms with Crippen LogP contribution in [-0.4, -0.2) is 43.4 Å². The minimum Gasteiger partial charge on any atom is -0.355 e. The first-order valence-corrected chi connectivity index (χ1v) is 13.7. The highest BCUT2D eigenvalue weighted by Gasteiger charge is 2.37. The van der Waals surface area contributed by atoms with E-state index in [0.29, 0.717) is 19.4 Å². The number of para-hydroxylation sites is 1. The van der Waals surface area contributed by atoms with Gasteiger partial charge in [0.1, 0.15) is 17.3 Å². The second-order valence-corrected chi connectivity index (χ2v) is 11.2. The van der Waals surface area contributed by atoms with Gasteiger partial charge in [-0.05, 0) is 68.5 Å². The number of anilines is 1. The highest BCUT2D eigenvalue weighted by atomic mass is 32.2. The third-order valence-electron chi connectivity index (χ3n) is 6.99. The third kappa shape index (κ3) is 4.95. The summed E-state index contributed by atoms with van der Waals surface area (Å²) in [6.45, 7) is 2.57. The van der Waals surface area contributed by atoms with E-state index in [0.717, 1.165) is 36.2 Å². The van der Waals surface area contributed by atoms with Crippen LogP contribution < -0.4 is 4.90 Å². The average molecular weight is 528 g/mol. The molecule has 2 aliphatic rings. The fraction of sp³-hybridized carbons (Fsp3) is 0.333. The molecule has 10 heteroatoms. The van der Waals surface area contributed by atoms with Crippen molar-refractivity contribution in [3.8, 4) is 0 Å². The zero-order valence-electron chi connectivity index (χ0n) is 20.4. The summed E-state index contributed by atoms with van der Waals surface area (Å²) in [6.07, 6.45) is 5.29. The number of piperidine rings is 1. The zero-order valence-corrected chi connectivity index (χ0v) is 21.2. The summed E-state index contributed by atoms with van der Waals surface area (Å²) in [4.78, 5) is 15.1. The number of fused-ring (bicyclic) bond motifs is 1. The Morgan fingerprint density at radius 1 is 1.08 bits per heavy atom. The Kier molecular flexibility index (Phi) is 6.96. The lowest BCUT2D eigenvalue weighted by Gasteiger charge is -2.36. The van der Waals surface area contributed by atoms with Crippen molar-refractivity contribution < 1.29 is 26.5 Å². The largest absolute Gasteiger partial charge is 0.355 e. The van der Waals surface area contributed by atoms with E-state index in [4.69, 9.17) is 4.52 Å². The number of aryl methyl sites for hydroxylation is 2. The first-order chi connectivity index (χ1) is 17.8. The molecule has 0 bridgehead atoms. The Morgan fingerprint density at radius 3 is 2.59 bits per heavy atom. The summed E-state index contributed by atoms with van der Waals surface area (Å²) >= 11 is 0. The van der Waals surface area contributed by atoms with Crippen LogP contribution in [0.5, 0.6) is 0 Å². The van der Waals surface area contributed by atoms with Gasteiger partial charge in [-0.2, -0.15) is 4.31 Å². The number of amides is 1. The number of carbonyl (C=O) groups is 1. The Morgan fingerprint density at radius 2 is 1.84 bits per heavy atom. The maximum absolute atomic E-state index is 14.0. The quantitative estimate of drug-likeness (QED) is 0.476. The highest BCUT2D eigenvalue weighted by molar-refractivity contribution is 7.89. The van der Waals surface area contributed by atoms with E-state index in [-0.39, 0.29) is 46.8 Å². The molecule has 1 aromatic heterocycles. The van der Waals surface area contributed by atoms with Crippen molar-refractivity contribution >= 4 is 33.8 Å². The van der Waals surface area contributed by atoms with Crippen LogP contribution in [0, 0.1) is 24.5 Å². The molecule has 37 heavy (non-hydrogen) atoms. The zero-order chi connectivity index (χ0) is 26.2. The molecule has 2 aromatic carbocycles. The van der Waals surface area contributed by atoms with Crippen LogP contribution in [-0.2, 0) is 21.2 Å². The lowest BCUT2D eigenvalue weighted by molar-refractivity contribution is -0.123. The van der Waals surface area contributed by atoms with Gasteiger partial charge in [-0.15, -0.1) is 0 Å². The number of carbonyl (C=O) groups excluding carboxylic acids is 1. The van der Waals surface area contributed by atoms with Gasteiger partial charge in [-0.3, -0.25) is 4.79 Å². The first kappa shape index (κ1) is 25.3. The minimum atomic E-state index is -3.98. The molecule has 5 rings (SSSR count). The van der Waals surface area contributed by atoms with Crippen LogP contribution >= 0.6 is 0 Å². The molecule has 0 N–H and O–H groups in total. The summed E-state index contributed by atoms with van der Waals surface area (Å²) in [5.74, 6) is -1.75. The molecule has 1 saturated heterocycles. The summed E-state index contributed by atoms with van der Waals surface area (Å²) in [5.41, 5.74) is 2.37. The average Bonchev–Trinajstić information content (AvgIpc) is 3.28. The van der Waals surface area contributed by atoms with Crippen LogP contribution in [0.3, 0.4) is 0 Å². The van der Waals surface area contributed by atoms with Gasteiger partial charge in [0.15, 0.2) is 10.7 Å². The Hall–Kier alpha value is -3.37. The third-order valence-corrected chi connectivity index (χ3v) is 9.04. The normalized spacial score (nSPS) is 17.3. The molecule has 3 heterocycles. The standard InChI is InChI=1S/C27H27F2N3O4S/c1-18-26(25(36-30-18)11-9-19-8-10-22(28)17-23(19)29)37(34,35)31-15-12-21(13-16-31)27(33)32-14-4-6-20-5-2-3-7-24(20)32/h2-3,5,7-11,17,21H,4,6,12-16H2,1H3. The van der Waals surface area contributed by atoms with E-state index in [1.807, 2.05) is 29.2 Å². The number of benzene rings is 2. The number of halogens is 2. The molecule has 0 radical (unpaired) electrons. The summed E-state index contributed by atoms with van der Waals surface area (Å²) < 4.78 is 60.8. The second kappa shape index (κ2) is 10.2. The smallest absolute Gasteiger partial charge is 0.248 e. The van der Waals surface area contributed by atoms with E-state index in [1.54, 1.807) is 0 Å². The number of rotatable bonds is 5. The SMILES string of the molecule is Cc1noc(C=Cc2ccc(F)cc2F)c1S(=O)(=O)N1CCC(C(=O)N2CCCc3ccccc32)CC1. The molecule has 0 saturated carbocycles. The molecule has 0 spiro atoms. The van der Waals surface area contributed by atoms with E-state index < -0.39 is 21.7 Å². The van der Waals surface area contributed by atoms with Gasteiger partial charge in [-0.25, -0.2) is 17.2 Å². The highest BCUT2D eigenvalue weighted by Crippen LogP contribution is 2.33. The van der Waals surface area contributed by atoms with Crippen molar-refractivity contribution in [2.24, 2.45) is 5.92 Å². The van der Waals surface area contributed by atoms with Crippen LogP contribution in [0.2, 0.25) is 0 Å². The summed E-state index contributed by atoms with van der Waals surface area (Å²) in [6, 6.07) is 11.0. The molecular formula is C27H27F2N3O4S. The van der Waals surface area contributed by atoms with Gasteiger partial charge < -0.3 is 9.42 Å². The molecule has 0 aliphatic carbocycles. The number of sulfonamides is 1. The molecule has 0 atom stereocenters. The van der Waals surface area contributed by atoms with Crippen molar-refractivity contribution in [3.63, 3.8) is 0 Å². The van der Waals surface area contributed by atoms with Gasteiger partial charge in [0.25, 0.3) is 0 Å². The van der Waals surface area contributed by atoms with Crippen LogP contribution in [0.15, 0.2) is 51.9 Å². The molecule has 3 aromatic rings. The molecule has 7 nitrogen and oxygen atoms in total. The van der Waals surface area contributed by atoms with Crippen molar-refractivity contribution in [2.45, 2.75) is 37.5 Å². The van der Waals surface area contributed by atoms with Crippen molar-refractivity contribution in [1.82, 2.24) is 9.46 Å². The number of nitrogens with zero attached hydrogens (tertiary/aromatic N) is 3. The molecule has 1 amide bonds. The Balaban J connectivity index is 1.31. The maximum atomic E-state index is 14.0. The lowest BCUT2D eigenvalue weighted by atomic mass is 9.94. The number of aromatic nitrogens is 1. The first-order valence-electron chi connectivity index (χ1n) is 12.2. The molecule has 1 fully saturated rings. The minimum absolute atomic E-state index is 0.0373. The lowest BCUT2D eigenvalue weighted by Crippen LogP contribution is -2.45. The Bertz CT molecular complexity index is 1460. The van der Waals surface area contributed by atoms with Crippen LogP contribution in [0.1, 0.15) is 41.8 Å². The number of hydrogen-bond donors (Lipinski definition) is 0. The Labute approximate surface area is 214 Å². The van der Waals surface area contributed by atoms with E-state index >= 15 is 0 Å². The predicted molar refractivity (Wildman–Crippen MR) is 135 cm³/mol. The molecule has 194 valence electrons. The number of hydrogen-bond acceptors (Lipinski definition) is 5.